The minimum Gasteiger partial charge on any atom is -0.459 e. The standard InChI is InChI=1S/C19H24N4O4/c1-3-22-15-7-12(2)27-18(15)14-8-20-23(19(26)17(14)22)10-16(25)21-6-4-5-13(9-21)11-24/h7-8,13,24H,3-6,9-11H2,1-2H3/t13-/m1/s1. The van der Waals surface area contributed by atoms with Gasteiger partial charge in [-0.15, -0.1) is 0 Å². The summed E-state index contributed by atoms with van der Waals surface area (Å²) in [5.74, 6) is 0.755. The van der Waals surface area contributed by atoms with Gasteiger partial charge in [0.25, 0.3) is 5.56 Å². The van der Waals surface area contributed by atoms with Crippen LogP contribution in [0.5, 0.6) is 0 Å². The number of hydrogen-bond acceptors (Lipinski definition) is 5. The number of rotatable bonds is 4. The largest absolute Gasteiger partial charge is 0.459 e. The second-order valence-electron chi connectivity index (χ2n) is 7.22. The second kappa shape index (κ2) is 6.84. The van der Waals surface area contributed by atoms with Crippen molar-refractivity contribution < 1.29 is 14.3 Å². The third-order valence-electron chi connectivity index (χ3n) is 5.39. The molecule has 0 saturated carbocycles. The molecule has 8 heteroatoms. The molecule has 4 heterocycles. The van der Waals surface area contributed by atoms with Crippen LogP contribution in [0.25, 0.3) is 22.0 Å². The van der Waals surface area contributed by atoms with Gasteiger partial charge in [0.1, 0.15) is 17.8 Å². The molecule has 0 spiro atoms. The fourth-order valence-corrected chi connectivity index (χ4v) is 4.03. The van der Waals surface area contributed by atoms with Crippen molar-refractivity contribution in [1.82, 2.24) is 19.2 Å². The first-order chi connectivity index (χ1) is 13.0. The SMILES string of the molecule is CCn1c2cc(C)oc2c2cnn(CC(=O)N3CCC[C@@H](CO)C3)c(=O)c21. The summed E-state index contributed by atoms with van der Waals surface area (Å²) in [5.41, 5.74) is 1.76. The molecule has 3 aromatic heterocycles. The normalized spacial score (nSPS) is 17.9. The van der Waals surface area contributed by atoms with Crippen LogP contribution in [-0.2, 0) is 17.9 Å². The second-order valence-corrected chi connectivity index (χ2v) is 7.22. The summed E-state index contributed by atoms with van der Waals surface area (Å²) in [7, 11) is 0. The summed E-state index contributed by atoms with van der Waals surface area (Å²) in [5, 5.41) is 14.2. The number of aliphatic hydroxyl groups is 1. The summed E-state index contributed by atoms with van der Waals surface area (Å²) in [6, 6.07) is 1.91. The number of furan rings is 1. The monoisotopic (exact) mass is 372 g/mol. The Balaban J connectivity index is 1.70. The highest BCUT2D eigenvalue weighted by atomic mass is 16.3. The van der Waals surface area contributed by atoms with E-state index in [0.717, 1.165) is 24.1 Å². The van der Waals surface area contributed by atoms with E-state index in [0.29, 0.717) is 36.1 Å². The smallest absolute Gasteiger partial charge is 0.291 e. The maximum absolute atomic E-state index is 13.0. The number of likely N-dealkylation sites (tertiary alicyclic amines) is 1. The Morgan fingerprint density at radius 3 is 3.00 bits per heavy atom. The van der Waals surface area contributed by atoms with E-state index in [1.54, 1.807) is 11.1 Å². The van der Waals surface area contributed by atoms with E-state index in [9.17, 15) is 14.7 Å². The van der Waals surface area contributed by atoms with Crippen LogP contribution >= 0.6 is 0 Å². The molecule has 1 N–H and O–H groups in total. The summed E-state index contributed by atoms with van der Waals surface area (Å²) in [6.45, 7) is 5.64. The molecule has 27 heavy (non-hydrogen) atoms. The number of nitrogens with zero attached hydrogens (tertiary/aromatic N) is 4. The van der Waals surface area contributed by atoms with Crippen LogP contribution < -0.4 is 5.56 Å². The van der Waals surface area contributed by atoms with Gasteiger partial charge in [0, 0.05) is 32.3 Å². The molecule has 1 fully saturated rings. The van der Waals surface area contributed by atoms with E-state index in [4.69, 9.17) is 4.42 Å². The molecule has 0 unspecified atom stereocenters. The number of aryl methyl sites for hydroxylation is 2. The average molecular weight is 372 g/mol. The van der Waals surface area contributed by atoms with Gasteiger partial charge in [-0.2, -0.15) is 5.10 Å². The third kappa shape index (κ3) is 2.93. The Hall–Kier alpha value is -2.61. The number of piperidine rings is 1. The maximum atomic E-state index is 13.0. The summed E-state index contributed by atoms with van der Waals surface area (Å²) < 4.78 is 8.89. The lowest BCUT2D eigenvalue weighted by Gasteiger charge is -2.31. The van der Waals surface area contributed by atoms with Crippen molar-refractivity contribution in [3.63, 3.8) is 0 Å². The molecular formula is C19H24N4O4. The van der Waals surface area contributed by atoms with Gasteiger partial charge in [0.05, 0.1) is 17.1 Å². The first-order valence-corrected chi connectivity index (χ1v) is 9.40. The molecule has 1 atom stereocenters. The summed E-state index contributed by atoms with van der Waals surface area (Å²) >= 11 is 0. The molecule has 1 aliphatic heterocycles. The summed E-state index contributed by atoms with van der Waals surface area (Å²) in [4.78, 5) is 27.4. The van der Waals surface area contributed by atoms with Gasteiger partial charge in [-0.3, -0.25) is 9.59 Å². The van der Waals surface area contributed by atoms with Gasteiger partial charge in [-0.05, 0) is 32.6 Å². The number of aromatic nitrogens is 3. The Morgan fingerprint density at radius 2 is 2.26 bits per heavy atom. The topological polar surface area (TPSA) is 93.5 Å². The molecule has 144 valence electrons. The highest BCUT2D eigenvalue weighted by Gasteiger charge is 2.25. The Kier molecular flexibility index (Phi) is 4.51. The Labute approximate surface area is 156 Å². The van der Waals surface area contributed by atoms with Crippen molar-refractivity contribution in [2.75, 3.05) is 19.7 Å². The zero-order chi connectivity index (χ0) is 19.1. The van der Waals surface area contributed by atoms with Crippen molar-refractivity contribution >= 4 is 27.9 Å². The molecule has 1 saturated heterocycles. The van der Waals surface area contributed by atoms with Crippen molar-refractivity contribution in [3.8, 4) is 0 Å². The van der Waals surface area contributed by atoms with Crippen LogP contribution in [0, 0.1) is 12.8 Å². The van der Waals surface area contributed by atoms with Crippen LogP contribution in [-0.4, -0.2) is 50.0 Å². The van der Waals surface area contributed by atoms with Crippen LogP contribution in [0.15, 0.2) is 21.5 Å². The van der Waals surface area contributed by atoms with Crippen molar-refractivity contribution in [2.24, 2.45) is 5.92 Å². The first-order valence-electron chi connectivity index (χ1n) is 9.40. The quantitative estimate of drug-likeness (QED) is 0.749. The lowest BCUT2D eigenvalue weighted by Crippen LogP contribution is -2.44. The molecule has 0 aromatic carbocycles. The number of carbonyl (C=O) groups excluding carboxylic acids is 1. The van der Waals surface area contributed by atoms with Crippen LogP contribution in [0.4, 0.5) is 0 Å². The van der Waals surface area contributed by atoms with Gasteiger partial charge >= 0.3 is 0 Å². The fraction of sp³-hybridized carbons (Fsp3) is 0.526. The van der Waals surface area contributed by atoms with Gasteiger partial charge in [0.15, 0.2) is 5.58 Å². The Morgan fingerprint density at radius 1 is 1.44 bits per heavy atom. The van der Waals surface area contributed by atoms with E-state index < -0.39 is 0 Å². The molecule has 0 bridgehead atoms. The van der Waals surface area contributed by atoms with E-state index >= 15 is 0 Å². The molecule has 1 aliphatic rings. The molecule has 0 radical (unpaired) electrons. The van der Waals surface area contributed by atoms with Crippen molar-refractivity contribution in [2.45, 2.75) is 39.8 Å². The minimum atomic E-state index is -0.289. The van der Waals surface area contributed by atoms with Crippen molar-refractivity contribution in [1.29, 1.82) is 0 Å². The predicted octanol–water partition coefficient (Wildman–Crippen LogP) is 1.50. The minimum absolute atomic E-state index is 0.0798. The Bertz CT molecular complexity index is 1060. The van der Waals surface area contributed by atoms with E-state index in [1.165, 1.54) is 4.68 Å². The average Bonchev–Trinajstić information content (AvgIpc) is 3.19. The molecule has 0 aliphatic carbocycles. The number of hydrogen-bond donors (Lipinski definition) is 1. The molecular weight excluding hydrogens is 348 g/mol. The maximum Gasteiger partial charge on any atom is 0.291 e. The lowest BCUT2D eigenvalue weighted by atomic mass is 9.99. The van der Waals surface area contributed by atoms with Gasteiger partial charge in [-0.25, -0.2) is 4.68 Å². The molecule has 8 nitrogen and oxygen atoms in total. The van der Waals surface area contributed by atoms with E-state index in [1.807, 2.05) is 24.5 Å². The first kappa shape index (κ1) is 17.8. The molecule has 1 amide bonds. The number of fused-ring (bicyclic) bond motifs is 3. The van der Waals surface area contributed by atoms with Crippen molar-refractivity contribution in [3.05, 3.63) is 28.4 Å². The van der Waals surface area contributed by atoms with Crippen LogP contribution in [0.2, 0.25) is 0 Å². The zero-order valence-corrected chi connectivity index (χ0v) is 15.6. The van der Waals surface area contributed by atoms with E-state index in [-0.39, 0.29) is 30.5 Å². The predicted molar refractivity (Wildman–Crippen MR) is 101 cm³/mol. The van der Waals surface area contributed by atoms with Gasteiger partial charge in [-0.1, -0.05) is 0 Å². The molecule has 4 rings (SSSR count). The summed E-state index contributed by atoms with van der Waals surface area (Å²) in [6.07, 6.45) is 3.40. The van der Waals surface area contributed by atoms with Crippen LogP contribution in [0.3, 0.4) is 0 Å². The van der Waals surface area contributed by atoms with E-state index in [2.05, 4.69) is 5.10 Å². The zero-order valence-electron chi connectivity index (χ0n) is 15.6. The highest BCUT2D eigenvalue weighted by molar-refractivity contribution is 6.04. The lowest BCUT2D eigenvalue weighted by molar-refractivity contribution is -0.134. The van der Waals surface area contributed by atoms with Gasteiger partial charge in [0.2, 0.25) is 5.91 Å². The fourth-order valence-electron chi connectivity index (χ4n) is 4.03. The highest BCUT2D eigenvalue weighted by Crippen LogP contribution is 2.29. The number of amides is 1. The van der Waals surface area contributed by atoms with Gasteiger partial charge < -0.3 is 19.0 Å². The number of carbonyl (C=O) groups is 1. The third-order valence-corrected chi connectivity index (χ3v) is 5.39. The number of aliphatic hydroxyl groups excluding tert-OH is 1. The molecule has 3 aromatic rings. The van der Waals surface area contributed by atoms with Crippen LogP contribution in [0.1, 0.15) is 25.5 Å².